The molecular formula is C17H24Cl3N3OS. The van der Waals surface area contributed by atoms with Crippen molar-refractivity contribution in [1.29, 1.82) is 0 Å². The Labute approximate surface area is 171 Å². The minimum Gasteiger partial charge on any atom is -0.348 e. The van der Waals surface area contributed by atoms with Gasteiger partial charge >= 0.3 is 0 Å². The highest BCUT2D eigenvalue weighted by Gasteiger charge is 2.23. The van der Waals surface area contributed by atoms with Crippen molar-refractivity contribution in [2.75, 3.05) is 6.54 Å². The summed E-state index contributed by atoms with van der Waals surface area (Å²) in [6.07, 6.45) is 2.01. The quantitative estimate of drug-likeness (QED) is 0.769. The van der Waals surface area contributed by atoms with E-state index in [1.54, 1.807) is 11.3 Å². The number of nitrogens with zero attached hydrogens (tertiary/aromatic N) is 1. The Morgan fingerprint density at radius 1 is 1.28 bits per heavy atom. The van der Waals surface area contributed by atoms with Crippen LogP contribution in [0.3, 0.4) is 0 Å². The van der Waals surface area contributed by atoms with Crippen LogP contribution in [-0.2, 0) is 4.79 Å². The number of carbonyl (C=O) groups is 1. The lowest BCUT2D eigenvalue weighted by Crippen LogP contribution is -2.41. The number of nitrogens with one attached hydrogen (secondary N) is 2. The molecule has 0 radical (unpaired) electrons. The molecule has 0 spiro atoms. The van der Waals surface area contributed by atoms with E-state index in [4.69, 9.17) is 0 Å². The minimum absolute atomic E-state index is 0. The molecule has 2 heterocycles. The Morgan fingerprint density at radius 3 is 2.48 bits per heavy atom. The van der Waals surface area contributed by atoms with E-state index >= 15 is 0 Å². The normalized spacial score (nSPS) is 16.8. The van der Waals surface area contributed by atoms with Crippen molar-refractivity contribution in [3.63, 3.8) is 0 Å². The first-order valence-electron chi connectivity index (χ1n) is 7.69. The molecule has 1 aromatic carbocycles. The molecule has 2 N–H and O–H groups in total. The second-order valence-electron chi connectivity index (χ2n) is 5.77. The molecule has 8 heteroatoms. The third kappa shape index (κ3) is 5.83. The zero-order valence-corrected chi connectivity index (χ0v) is 17.4. The average molecular weight is 425 g/mol. The Morgan fingerprint density at radius 2 is 1.96 bits per heavy atom. The van der Waals surface area contributed by atoms with Crippen LogP contribution in [0, 0.1) is 6.92 Å². The summed E-state index contributed by atoms with van der Waals surface area (Å²) in [7, 11) is 0. The summed E-state index contributed by atoms with van der Waals surface area (Å²) < 4.78 is 0. The molecular weight excluding hydrogens is 401 g/mol. The van der Waals surface area contributed by atoms with Crippen molar-refractivity contribution in [2.24, 2.45) is 0 Å². The van der Waals surface area contributed by atoms with Crippen LogP contribution in [0.4, 0.5) is 0 Å². The molecule has 1 amide bonds. The molecule has 1 unspecified atom stereocenters. The molecule has 3 rings (SSSR count). The average Bonchev–Trinajstić information content (AvgIpc) is 3.18. The molecule has 25 heavy (non-hydrogen) atoms. The van der Waals surface area contributed by atoms with E-state index in [1.165, 1.54) is 10.4 Å². The maximum atomic E-state index is 12.1. The molecule has 4 nitrogen and oxygen atoms in total. The molecule has 1 aliphatic rings. The predicted molar refractivity (Wildman–Crippen MR) is 112 cm³/mol. The second kappa shape index (κ2) is 11.0. The zero-order chi connectivity index (χ0) is 15.5. The van der Waals surface area contributed by atoms with Gasteiger partial charge in [-0.2, -0.15) is 0 Å². The van der Waals surface area contributed by atoms with Gasteiger partial charge < -0.3 is 10.6 Å². The summed E-state index contributed by atoms with van der Waals surface area (Å²) in [6, 6.07) is 8.37. The van der Waals surface area contributed by atoms with Crippen molar-refractivity contribution in [3.05, 3.63) is 41.0 Å². The number of rotatable bonds is 4. The number of thiazole rings is 1. The zero-order valence-electron chi connectivity index (χ0n) is 14.2. The van der Waals surface area contributed by atoms with Crippen molar-refractivity contribution in [1.82, 2.24) is 15.6 Å². The molecule has 0 bridgehead atoms. The minimum atomic E-state index is -0.0263. The van der Waals surface area contributed by atoms with E-state index in [-0.39, 0.29) is 55.2 Å². The van der Waals surface area contributed by atoms with Crippen LogP contribution in [0.5, 0.6) is 0 Å². The first-order valence-corrected chi connectivity index (χ1v) is 8.57. The Hall–Kier alpha value is -0.850. The number of aryl methyl sites for hydroxylation is 1. The van der Waals surface area contributed by atoms with Crippen molar-refractivity contribution in [3.8, 4) is 10.4 Å². The molecule has 140 valence electrons. The van der Waals surface area contributed by atoms with E-state index in [1.807, 2.05) is 19.4 Å². The van der Waals surface area contributed by atoms with Crippen molar-refractivity contribution >= 4 is 54.5 Å². The van der Waals surface area contributed by atoms with Gasteiger partial charge in [0.15, 0.2) is 0 Å². The molecule has 1 fully saturated rings. The lowest BCUT2D eigenvalue weighted by molar-refractivity contribution is -0.123. The molecule has 0 aliphatic carbocycles. The third-order valence-electron chi connectivity index (χ3n) is 4.15. The van der Waals surface area contributed by atoms with Gasteiger partial charge in [-0.3, -0.25) is 4.79 Å². The van der Waals surface area contributed by atoms with Gasteiger partial charge in [-0.05, 0) is 44.4 Å². The fourth-order valence-corrected chi connectivity index (χ4v) is 3.62. The number of amides is 1. The van der Waals surface area contributed by atoms with Crippen LogP contribution in [0.1, 0.15) is 37.1 Å². The summed E-state index contributed by atoms with van der Waals surface area (Å²) in [6.45, 7) is 4.99. The Balaban J connectivity index is 0.00000192. The number of halogens is 3. The fourth-order valence-electron chi connectivity index (χ4n) is 2.81. The maximum Gasteiger partial charge on any atom is 0.237 e. The number of benzene rings is 1. The van der Waals surface area contributed by atoms with Gasteiger partial charge in [0.1, 0.15) is 0 Å². The van der Waals surface area contributed by atoms with Gasteiger partial charge in [0.25, 0.3) is 0 Å². The van der Waals surface area contributed by atoms with E-state index in [9.17, 15) is 4.79 Å². The Kier molecular flexibility index (Phi) is 10.6. The predicted octanol–water partition coefficient (Wildman–Crippen LogP) is 4.31. The number of hydrogen-bond acceptors (Lipinski definition) is 4. The first kappa shape index (κ1) is 24.1. The Bertz CT molecular complexity index is 657. The molecule has 1 aliphatic heterocycles. The van der Waals surface area contributed by atoms with Gasteiger partial charge in [-0.15, -0.1) is 48.6 Å². The van der Waals surface area contributed by atoms with Crippen LogP contribution >= 0.6 is 48.6 Å². The summed E-state index contributed by atoms with van der Waals surface area (Å²) >= 11 is 1.66. The van der Waals surface area contributed by atoms with Crippen molar-refractivity contribution < 1.29 is 4.79 Å². The monoisotopic (exact) mass is 423 g/mol. The summed E-state index contributed by atoms with van der Waals surface area (Å²) in [5.74, 6) is 0.104. The number of aromatic nitrogens is 1. The number of hydrogen-bond donors (Lipinski definition) is 2. The van der Waals surface area contributed by atoms with Gasteiger partial charge in [0.05, 0.1) is 28.2 Å². The summed E-state index contributed by atoms with van der Waals surface area (Å²) in [5, 5.41) is 6.32. The summed E-state index contributed by atoms with van der Waals surface area (Å²) in [4.78, 5) is 17.6. The SMILES string of the molecule is Cc1ncsc1-c1ccc([C@H](C)NC(=O)C2CCCN2)cc1.Cl.Cl.Cl. The van der Waals surface area contributed by atoms with Crippen LogP contribution in [0.15, 0.2) is 29.8 Å². The smallest absolute Gasteiger partial charge is 0.237 e. The molecule has 1 aromatic heterocycles. The van der Waals surface area contributed by atoms with Crippen molar-refractivity contribution in [2.45, 2.75) is 38.8 Å². The van der Waals surface area contributed by atoms with Gasteiger partial charge in [-0.25, -0.2) is 4.98 Å². The molecule has 2 atom stereocenters. The van der Waals surface area contributed by atoms with Gasteiger partial charge in [-0.1, -0.05) is 24.3 Å². The highest BCUT2D eigenvalue weighted by molar-refractivity contribution is 7.13. The van der Waals surface area contributed by atoms with E-state index < -0.39 is 0 Å². The largest absolute Gasteiger partial charge is 0.348 e. The van der Waals surface area contributed by atoms with Crippen LogP contribution < -0.4 is 10.6 Å². The second-order valence-corrected chi connectivity index (χ2v) is 6.62. The summed E-state index contributed by atoms with van der Waals surface area (Å²) in [5.41, 5.74) is 5.24. The molecule has 0 saturated carbocycles. The highest BCUT2D eigenvalue weighted by Crippen LogP contribution is 2.28. The fraction of sp³-hybridized carbons (Fsp3) is 0.412. The van der Waals surface area contributed by atoms with Crippen LogP contribution in [0.25, 0.3) is 10.4 Å². The van der Waals surface area contributed by atoms with Crippen LogP contribution in [0.2, 0.25) is 0 Å². The van der Waals surface area contributed by atoms with Crippen LogP contribution in [-0.4, -0.2) is 23.5 Å². The van der Waals surface area contributed by atoms with E-state index in [0.29, 0.717) is 0 Å². The highest BCUT2D eigenvalue weighted by atomic mass is 35.5. The molecule has 1 saturated heterocycles. The number of carbonyl (C=O) groups excluding carboxylic acids is 1. The van der Waals surface area contributed by atoms with E-state index in [2.05, 4.69) is 39.9 Å². The lowest BCUT2D eigenvalue weighted by Gasteiger charge is -2.18. The topological polar surface area (TPSA) is 54.0 Å². The standard InChI is InChI=1S/C17H21N3OS.3ClH/c1-11(20-17(21)15-4-3-9-18-15)13-5-7-14(8-6-13)16-12(2)19-10-22-16;;;/h5-8,10-11,15,18H,3-4,9H2,1-2H3,(H,20,21);3*1H/t11-,15?;;;/m0.../s1. The lowest BCUT2D eigenvalue weighted by atomic mass is 10.0. The van der Waals surface area contributed by atoms with Gasteiger partial charge in [0, 0.05) is 0 Å². The first-order chi connectivity index (χ1) is 10.6. The van der Waals surface area contributed by atoms with Gasteiger partial charge in [0.2, 0.25) is 5.91 Å². The van der Waals surface area contributed by atoms with E-state index in [0.717, 1.165) is 30.6 Å². The third-order valence-corrected chi connectivity index (χ3v) is 5.13. The maximum absolute atomic E-state index is 12.1. The molecule has 2 aromatic rings.